The number of benzene rings is 2. The summed E-state index contributed by atoms with van der Waals surface area (Å²) >= 11 is 0. The molecular weight excluding hydrogens is 420 g/mol. The molecule has 0 unspecified atom stereocenters. The first-order valence-corrected chi connectivity index (χ1v) is 11.1. The monoisotopic (exact) mass is 448 g/mol. The second-order valence-electron chi connectivity index (χ2n) is 7.75. The third-order valence-electron chi connectivity index (χ3n) is 5.43. The first kappa shape index (κ1) is 23.9. The van der Waals surface area contributed by atoms with Crippen molar-refractivity contribution < 1.29 is 27.0 Å². The van der Waals surface area contributed by atoms with Gasteiger partial charge in [0.05, 0.1) is 13.2 Å². The van der Waals surface area contributed by atoms with E-state index in [0.29, 0.717) is 24.4 Å². The molecular formula is C26H28F4O2. The molecule has 0 N–H and O–H groups in total. The van der Waals surface area contributed by atoms with Crippen molar-refractivity contribution in [2.75, 3.05) is 13.2 Å². The molecule has 0 spiro atoms. The zero-order valence-electron chi connectivity index (χ0n) is 18.4. The quantitative estimate of drug-likeness (QED) is 0.272. The third kappa shape index (κ3) is 5.34. The van der Waals surface area contributed by atoms with Crippen molar-refractivity contribution in [3.8, 4) is 11.5 Å². The van der Waals surface area contributed by atoms with E-state index in [1.165, 1.54) is 24.3 Å². The lowest BCUT2D eigenvalue weighted by Gasteiger charge is -2.17. The van der Waals surface area contributed by atoms with E-state index < -0.39 is 23.3 Å². The van der Waals surface area contributed by atoms with E-state index >= 15 is 0 Å². The van der Waals surface area contributed by atoms with Crippen LogP contribution in [-0.4, -0.2) is 13.2 Å². The Balaban J connectivity index is 1.73. The maximum Gasteiger partial charge on any atom is 0.201 e. The number of halogens is 4. The van der Waals surface area contributed by atoms with Crippen LogP contribution >= 0.6 is 0 Å². The summed E-state index contributed by atoms with van der Waals surface area (Å²) in [5.74, 6) is -4.17. The highest BCUT2D eigenvalue weighted by Crippen LogP contribution is 2.36. The Morgan fingerprint density at radius 3 is 1.38 bits per heavy atom. The van der Waals surface area contributed by atoms with E-state index in [4.69, 9.17) is 9.47 Å². The summed E-state index contributed by atoms with van der Waals surface area (Å²) in [6.07, 6.45) is 7.28. The molecule has 0 saturated carbocycles. The molecule has 0 aromatic heterocycles. The van der Waals surface area contributed by atoms with E-state index in [0.717, 1.165) is 25.7 Å². The second kappa shape index (κ2) is 11.2. The molecule has 0 bridgehead atoms. The van der Waals surface area contributed by atoms with Gasteiger partial charge in [0.25, 0.3) is 0 Å². The number of allylic oxidation sites excluding steroid dienone is 4. The van der Waals surface area contributed by atoms with Gasteiger partial charge >= 0.3 is 0 Å². The molecule has 1 aliphatic carbocycles. The predicted molar refractivity (Wildman–Crippen MR) is 119 cm³/mol. The topological polar surface area (TPSA) is 18.5 Å². The van der Waals surface area contributed by atoms with Gasteiger partial charge in [0.15, 0.2) is 23.1 Å². The largest absolute Gasteiger partial charge is 0.490 e. The zero-order chi connectivity index (χ0) is 23.1. The standard InChI is InChI=1S/C26H28F4O2/c1-3-5-15-31-21-13-11-19(23(27)25(21)29)17-7-9-18(10-8-17)20-12-14-22(26(30)24(20)28)32-16-6-4-2/h7,10-14H,3-6,8-9,15-16H2,1-2H3. The Morgan fingerprint density at radius 2 is 1.03 bits per heavy atom. The highest BCUT2D eigenvalue weighted by Gasteiger charge is 2.21. The SMILES string of the molecule is CCCCOc1ccc(C2=CCC(c3ccc(OCCCC)c(F)c3F)=CC2)c(F)c1F. The smallest absolute Gasteiger partial charge is 0.201 e. The number of hydrogen-bond acceptors (Lipinski definition) is 2. The molecule has 0 amide bonds. The van der Waals surface area contributed by atoms with Crippen molar-refractivity contribution in [1.29, 1.82) is 0 Å². The van der Waals surface area contributed by atoms with Crippen molar-refractivity contribution in [2.24, 2.45) is 0 Å². The lowest BCUT2D eigenvalue weighted by Crippen LogP contribution is -2.04. The molecule has 172 valence electrons. The minimum Gasteiger partial charge on any atom is -0.490 e. The second-order valence-corrected chi connectivity index (χ2v) is 7.75. The molecule has 3 rings (SSSR count). The molecule has 32 heavy (non-hydrogen) atoms. The minimum atomic E-state index is -1.01. The van der Waals surface area contributed by atoms with Gasteiger partial charge in [0, 0.05) is 11.1 Å². The van der Waals surface area contributed by atoms with Gasteiger partial charge in [0.1, 0.15) is 0 Å². The normalized spacial score (nSPS) is 13.6. The molecule has 1 aliphatic rings. The third-order valence-corrected chi connectivity index (χ3v) is 5.43. The Kier molecular flexibility index (Phi) is 8.37. The predicted octanol–water partition coefficient (Wildman–Crippen LogP) is 7.86. The van der Waals surface area contributed by atoms with Gasteiger partial charge in [-0.05, 0) is 61.1 Å². The van der Waals surface area contributed by atoms with Crippen LogP contribution in [0.15, 0.2) is 36.4 Å². The fourth-order valence-electron chi connectivity index (χ4n) is 3.51. The van der Waals surface area contributed by atoms with Gasteiger partial charge in [0.2, 0.25) is 11.6 Å². The maximum absolute atomic E-state index is 14.6. The lowest BCUT2D eigenvalue weighted by molar-refractivity contribution is 0.288. The molecule has 2 aromatic rings. The Bertz CT molecular complexity index is 930. The van der Waals surface area contributed by atoms with Crippen LogP contribution < -0.4 is 9.47 Å². The van der Waals surface area contributed by atoms with Gasteiger partial charge in [-0.1, -0.05) is 38.8 Å². The van der Waals surface area contributed by atoms with Crippen LogP contribution in [0.2, 0.25) is 0 Å². The van der Waals surface area contributed by atoms with Gasteiger partial charge < -0.3 is 9.47 Å². The molecule has 0 fully saturated rings. The van der Waals surface area contributed by atoms with Crippen LogP contribution in [-0.2, 0) is 0 Å². The summed E-state index contributed by atoms with van der Waals surface area (Å²) < 4.78 is 68.6. The van der Waals surface area contributed by atoms with Crippen LogP contribution in [0.4, 0.5) is 17.6 Å². The van der Waals surface area contributed by atoms with Crippen molar-refractivity contribution >= 4 is 11.1 Å². The van der Waals surface area contributed by atoms with Gasteiger partial charge in [-0.3, -0.25) is 0 Å². The lowest BCUT2D eigenvalue weighted by atomic mass is 9.90. The number of unbranched alkanes of at least 4 members (excludes halogenated alkanes) is 2. The summed E-state index contributed by atoms with van der Waals surface area (Å²) in [6.45, 7) is 4.62. The fourth-order valence-corrected chi connectivity index (χ4v) is 3.51. The minimum absolute atomic E-state index is 0.105. The summed E-state index contributed by atoms with van der Waals surface area (Å²) in [5.41, 5.74) is 1.47. The Morgan fingerprint density at radius 1 is 0.625 bits per heavy atom. The number of rotatable bonds is 10. The number of ether oxygens (including phenoxy) is 2. The molecule has 6 heteroatoms. The summed E-state index contributed by atoms with van der Waals surface area (Å²) in [7, 11) is 0. The summed E-state index contributed by atoms with van der Waals surface area (Å²) in [5, 5.41) is 0. The van der Waals surface area contributed by atoms with Crippen LogP contribution in [0.1, 0.15) is 63.5 Å². The zero-order valence-corrected chi connectivity index (χ0v) is 18.4. The highest BCUT2D eigenvalue weighted by molar-refractivity contribution is 5.78. The highest BCUT2D eigenvalue weighted by atomic mass is 19.2. The average molecular weight is 449 g/mol. The van der Waals surface area contributed by atoms with Crippen molar-refractivity contribution in [2.45, 2.75) is 52.4 Å². The van der Waals surface area contributed by atoms with Crippen molar-refractivity contribution in [3.05, 3.63) is 70.8 Å². The molecule has 0 atom stereocenters. The van der Waals surface area contributed by atoms with Gasteiger partial charge in [-0.15, -0.1) is 0 Å². The maximum atomic E-state index is 14.6. The van der Waals surface area contributed by atoms with Crippen molar-refractivity contribution in [1.82, 2.24) is 0 Å². The molecule has 0 radical (unpaired) electrons. The van der Waals surface area contributed by atoms with Crippen LogP contribution in [0, 0.1) is 23.3 Å². The van der Waals surface area contributed by atoms with E-state index in [1.807, 2.05) is 13.8 Å². The molecule has 0 aliphatic heterocycles. The number of hydrogen-bond donors (Lipinski definition) is 0. The first-order valence-electron chi connectivity index (χ1n) is 11.1. The van der Waals surface area contributed by atoms with Crippen LogP contribution in [0.3, 0.4) is 0 Å². The fraction of sp³-hybridized carbons (Fsp3) is 0.385. The van der Waals surface area contributed by atoms with E-state index in [1.54, 1.807) is 12.2 Å². The van der Waals surface area contributed by atoms with Gasteiger partial charge in [-0.25, -0.2) is 8.78 Å². The molecule has 0 heterocycles. The first-order chi connectivity index (χ1) is 15.5. The average Bonchev–Trinajstić information content (AvgIpc) is 2.80. The van der Waals surface area contributed by atoms with Crippen molar-refractivity contribution in [3.63, 3.8) is 0 Å². The van der Waals surface area contributed by atoms with Crippen LogP contribution in [0.5, 0.6) is 11.5 Å². The van der Waals surface area contributed by atoms with Gasteiger partial charge in [-0.2, -0.15) is 8.78 Å². The Hall–Kier alpha value is -2.76. The van der Waals surface area contributed by atoms with E-state index in [-0.39, 0.29) is 35.5 Å². The van der Waals surface area contributed by atoms with Crippen LogP contribution in [0.25, 0.3) is 11.1 Å². The van der Waals surface area contributed by atoms with E-state index in [9.17, 15) is 17.6 Å². The molecule has 2 aromatic carbocycles. The Labute approximate surface area is 186 Å². The summed E-state index contributed by atoms with van der Waals surface area (Å²) in [4.78, 5) is 0. The molecule has 2 nitrogen and oxygen atoms in total. The summed E-state index contributed by atoms with van der Waals surface area (Å²) in [6, 6.07) is 5.84. The van der Waals surface area contributed by atoms with E-state index in [2.05, 4.69) is 0 Å². The molecule has 0 saturated heterocycles.